The van der Waals surface area contributed by atoms with Crippen molar-refractivity contribution in [2.45, 2.75) is 46.6 Å². The number of nitrogens with zero attached hydrogens (tertiary/aromatic N) is 1. The predicted octanol–water partition coefficient (Wildman–Crippen LogP) is 4.18. The Morgan fingerprint density at radius 3 is 2.58 bits per heavy atom. The maximum atomic E-state index is 11.6. The van der Waals surface area contributed by atoms with E-state index in [1.807, 2.05) is 13.0 Å². The fourth-order valence-corrected chi connectivity index (χ4v) is 2.67. The molecule has 1 N–H and O–H groups in total. The first-order chi connectivity index (χ1) is 8.97. The maximum Gasteiger partial charge on any atom is 0.338 e. The van der Waals surface area contributed by atoms with Gasteiger partial charge in [-0.05, 0) is 30.4 Å². The number of fused-ring (bicyclic) bond motifs is 1. The summed E-state index contributed by atoms with van der Waals surface area (Å²) in [5.74, 6) is -0.446. The van der Waals surface area contributed by atoms with E-state index >= 15 is 0 Å². The van der Waals surface area contributed by atoms with E-state index in [1.165, 1.54) is 5.56 Å². The third-order valence-corrected chi connectivity index (χ3v) is 3.58. The van der Waals surface area contributed by atoms with Crippen LogP contribution in [0.2, 0.25) is 0 Å². The molecule has 0 spiro atoms. The zero-order valence-corrected chi connectivity index (χ0v) is 12.0. The first kappa shape index (κ1) is 13.7. The summed E-state index contributed by atoms with van der Waals surface area (Å²) in [7, 11) is 0. The molecule has 1 heterocycles. The summed E-state index contributed by atoms with van der Waals surface area (Å²) >= 11 is 0. The molecule has 0 saturated heterocycles. The predicted molar refractivity (Wildman–Crippen MR) is 78.0 cm³/mol. The lowest BCUT2D eigenvalue weighted by Gasteiger charge is -2.08. The van der Waals surface area contributed by atoms with Crippen LogP contribution < -0.4 is 0 Å². The Morgan fingerprint density at radius 2 is 2.05 bits per heavy atom. The topological polar surface area (TPSA) is 42.2 Å². The maximum absolute atomic E-state index is 11.6. The van der Waals surface area contributed by atoms with Gasteiger partial charge in [0.15, 0.2) is 0 Å². The summed E-state index contributed by atoms with van der Waals surface area (Å²) in [6.07, 6.45) is 3.11. The smallest absolute Gasteiger partial charge is 0.338 e. The highest BCUT2D eigenvalue weighted by Crippen LogP contribution is 2.31. The van der Waals surface area contributed by atoms with Gasteiger partial charge in [0, 0.05) is 18.1 Å². The molecule has 1 aromatic heterocycles. The molecule has 0 atom stereocenters. The minimum Gasteiger partial charge on any atom is -0.478 e. The molecule has 3 heteroatoms. The van der Waals surface area contributed by atoms with Gasteiger partial charge in [-0.2, -0.15) is 0 Å². The zero-order valence-electron chi connectivity index (χ0n) is 12.0. The Kier molecular flexibility index (Phi) is 3.65. The summed E-state index contributed by atoms with van der Waals surface area (Å²) in [6.45, 7) is 9.11. The summed E-state index contributed by atoms with van der Waals surface area (Å²) in [5.41, 5.74) is 3.37. The van der Waals surface area contributed by atoms with Crippen molar-refractivity contribution in [1.29, 1.82) is 0 Å². The van der Waals surface area contributed by atoms with Crippen molar-refractivity contribution < 1.29 is 9.90 Å². The van der Waals surface area contributed by atoms with Crippen LogP contribution in [0.25, 0.3) is 10.9 Å². The van der Waals surface area contributed by atoms with Gasteiger partial charge in [0.1, 0.15) is 0 Å². The molecule has 2 aromatic rings. The quantitative estimate of drug-likeness (QED) is 0.895. The Bertz CT molecular complexity index is 623. The van der Waals surface area contributed by atoms with E-state index in [0.717, 1.165) is 29.4 Å². The summed E-state index contributed by atoms with van der Waals surface area (Å²) in [5, 5.41) is 10.6. The van der Waals surface area contributed by atoms with Crippen molar-refractivity contribution >= 4 is 16.9 Å². The molecule has 102 valence electrons. The fraction of sp³-hybridized carbons (Fsp3) is 0.438. The van der Waals surface area contributed by atoms with E-state index in [4.69, 9.17) is 0 Å². The second-order valence-corrected chi connectivity index (χ2v) is 5.39. The van der Waals surface area contributed by atoms with Gasteiger partial charge in [-0.3, -0.25) is 0 Å². The molecule has 0 aliphatic rings. The molecule has 0 saturated carbocycles. The number of benzene rings is 1. The van der Waals surface area contributed by atoms with Gasteiger partial charge in [-0.1, -0.05) is 32.9 Å². The minimum atomic E-state index is -0.839. The number of carbonyl (C=O) groups is 1. The van der Waals surface area contributed by atoms with Crippen LogP contribution in [0, 0.1) is 6.92 Å². The Labute approximate surface area is 113 Å². The van der Waals surface area contributed by atoms with Crippen molar-refractivity contribution in [2.24, 2.45) is 0 Å². The molecule has 0 bridgehead atoms. The average molecular weight is 259 g/mol. The van der Waals surface area contributed by atoms with Crippen LogP contribution in [0.3, 0.4) is 0 Å². The van der Waals surface area contributed by atoms with Gasteiger partial charge in [-0.15, -0.1) is 0 Å². The van der Waals surface area contributed by atoms with Gasteiger partial charge >= 0.3 is 5.97 Å². The third-order valence-electron chi connectivity index (χ3n) is 3.58. The third kappa shape index (κ3) is 2.25. The van der Waals surface area contributed by atoms with Crippen molar-refractivity contribution in [3.05, 3.63) is 35.0 Å². The highest BCUT2D eigenvalue weighted by atomic mass is 16.4. The van der Waals surface area contributed by atoms with Crippen LogP contribution in [0.15, 0.2) is 18.3 Å². The highest BCUT2D eigenvalue weighted by molar-refractivity contribution is 6.04. The SMILES string of the molecule is CCCn1cc(C(C)C)c2ccc(C)c(C(=O)O)c21. The molecule has 0 amide bonds. The molecule has 0 unspecified atom stereocenters. The number of hydrogen-bond donors (Lipinski definition) is 1. The van der Waals surface area contributed by atoms with Crippen LogP contribution in [0.1, 0.15) is 54.6 Å². The van der Waals surface area contributed by atoms with Crippen molar-refractivity contribution in [3.8, 4) is 0 Å². The van der Waals surface area contributed by atoms with E-state index in [-0.39, 0.29) is 0 Å². The number of carboxylic acids is 1. The Morgan fingerprint density at radius 1 is 1.37 bits per heavy atom. The molecule has 0 aliphatic heterocycles. The summed E-state index contributed by atoms with van der Waals surface area (Å²) in [4.78, 5) is 11.6. The second-order valence-electron chi connectivity index (χ2n) is 5.39. The van der Waals surface area contributed by atoms with E-state index < -0.39 is 5.97 Å². The first-order valence-electron chi connectivity index (χ1n) is 6.83. The summed E-state index contributed by atoms with van der Waals surface area (Å²) in [6, 6.07) is 3.96. The molecule has 3 nitrogen and oxygen atoms in total. The largest absolute Gasteiger partial charge is 0.478 e. The summed E-state index contributed by atoms with van der Waals surface area (Å²) < 4.78 is 2.10. The van der Waals surface area contributed by atoms with Crippen LogP contribution >= 0.6 is 0 Å². The lowest BCUT2D eigenvalue weighted by molar-refractivity contribution is 0.0698. The average Bonchev–Trinajstić information content (AvgIpc) is 2.68. The van der Waals surface area contributed by atoms with E-state index in [9.17, 15) is 9.90 Å². The molecule has 0 aliphatic carbocycles. The van der Waals surface area contributed by atoms with Crippen LogP contribution in [-0.4, -0.2) is 15.6 Å². The molecule has 19 heavy (non-hydrogen) atoms. The number of aryl methyl sites for hydroxylation is 2. The van der Waals surface area contributed by atoms with Gasteiger partial charge in [-0.25, -0.2) is 4.79 Å². The molecule has 1 aromatic carbocycles. The number of hydrogen-bond acceptors (Lipinski definition) is 1. The van der Waals surface area contributed by atoms with Crippen molar-refractivity contribution in [3.63, 3.8) is 0 Å². The van der Waals surface area contributed by atoms with E-state index in [2.05, 4.69) is 37.6 Å². The van der Waals surface area contributed by atoms with Crippen LogP contribution in [0.5, 0.6) is 0 Å². The molecular weight excluding hydrogens is 238 g/mol. The minimum absolute atomic E-state index is 0.393. The molecule has 0 fully saturated rings. The zero-order chi connectivity index (χ0) is 14.2. The van der Waals surface area contributed by atoms with Crippen molar-refractivity contribution in [2.75, 3.05) is 0 Å². The molecule has 2 rings (SSSR count). The second kappa shape index (κ2) is 5.08. The van der Waals surface area contributed by atoms with Gasteiger partial charge in [0.05, 0.1) is 11.1 Å². The van der Waals surface area contributed by atoms with E-state index in [1.54, 1.807) is 0 Å². The van der Waals surface area contributed by atoms with Crippen molar-refractivity contribution in [1.82, 2.24) is 4.57 Å². The van der Waals surface area contributed by atoms with Crippen LogP contribution in [0.4, 0.5) is 0 Å². The van der Waals surface area contributed by atoms with Gasteiger partial charge in [0.2, 0.25) is 0 Å². The first-order valence-corrected chi connectivity index (χ1v) is 6.83. The Hall–Kier alpha value is -1.77. The fourth-order valence-electron chi connectivity index (χ4n) is 2.67. The van der Waals surface area contributed by atoms with Gasteiger partial charge in [0.25, 0.3) is 0 Å². The van der Waals surface area contributed by atoms with Crippen LogP contribution in [-0.2, 0) is 6.54 Å². The number of aromatic carboxylic acids is 1. The molecule has 0 radical (unpaired) electrons. The Balaban J connectivity index is 2.86. The lowest BCUT2D eigenvalue weighted by atomic mass is 9.99. The van der Waals surface area contributed by atoms with E-state index in [0.29, 0.717) is 11.5 Å². The number of carboxylic acid groups (broad SMARTS) is 1. The lowest BCUT2D eigenvalue weighted by Crippen LogP contribution is -2.05. The highest BCUT2D eigenvalue weighted by Gasteiger charge is 2.19. The number of rotatable bonds is 4. The monoisotopic (exact) mass is 259 g/mol. The number of aromatic nitrogens is 1. The van der Waals surface area contributed by atoms with Gasteiger partial charge < -0.3 is 9.67 Å². The molecular formula is C16H21NO2. The standard InChI is InChI=1S/C16H21NO2/c1-5-8-17-9-13(10(2)3)12-7-6-11(4)14(15(12)17)16(18)19/h6-7,9-10H,5,8H2,1-4H3,(H,18,19). The normalized spacial score (nSPS) is 11.4.